The lowest BCUT2D eigenvalue weighted by atomic mass is 9.77. The van der Waals surface area contributed by atoms with E-state index in [0.717, 1.165) is 24.0 Å². The van der Waals surface area contributed by atoms with E-state index in [1.807, 2.05) is 31.3 Å². The first-order valence-electron chi connectivity index (χ1n) is 7.70. The monoisotopic (exact) mass is 338 g/mol. The molecule has 3 unspecified atom stereocenters. The maximum absolute atomic E-state index is 10.1. The van der Waals surface area contributed by atoms with E-state index in [2.05, 4.69) is 26.8 Å². The molecule has 2 aliphatic rings. The van der Waals surface area contributed by atoms with Gasteiger partial charge in [0, 0.05) is 9.75 Å². The van der Waals surface area contributed by atoms with Crippen LogP contribution in [-0.4, -0.2) is 16.1 Å². The average molecular weight is 339 g/mol. The number of allylic oxidation sites excluding steroid dienone is 1. The Morgan fingerprint density at radius 1 is 1.32 bits per heavy atom. The molecule has 1 saturated heterocycles. The molecule has 0 radical (unpaired) electrons. The number of aliphatic hydroxyl groups excluding tert-OH is 1. The molecule has 1 aromatic rings. The molecule has 1 N–H and O–H groups in total. The van der Waals surface area contributed by atoms with E-state index in [4.69, 9.17) is 16.3 Å². The largest absolute Gasteiger partial charge is 0.508 e. The number of ether oxygens (including phenoxy) is 1. The molecule has 0 aromatic carbocycles. The molecule has 1 fully saturated rings. The number of hydrogen-bond donors (Lipinski definition) is 1. The maximum Gasteiger partial charge on any atom is 0.116 e. The highest BCUT2D eigenvalue weighted by Gasteiger charge is 2.48. The molecule has 0 saturated carbocycles. The van der Waals surface area contributed by atoms with Gasteiger partial charge in [0.15, 0.2) is 0 Å². The molecule has 3 rings (SSSR count). The van der Waals surface area contributed by atoms with Gasteiger partial charge in [-0.3, -0.25) is 0 Å². The van der Waals surface area contributed by atoms with Crippen molar-refractivity contribution >= 4 is 22.9 Å². The number of thiophene rings is 1. The van der Waals surface area contributed by atoms with Crippen LogP contribution >= 0.6 is 22.9 Å². The minimum atomic E-state index is -0.700. The summed E-state index contributed by atoms with van der Waals surface area (Å²) >= 11 is 8.58. The van der Waals surface area contributed by atoms with Crippen LogP contribution in [0.1, 0.15) is 48.9 Å². The zero-order chi connectivity index (χ0) is 16.3. The lowest BCUT2D eigenvalue weighted by Crippen LogP contribution is -2.49. The van der Waals surface area contributed by atoms with Gasteiger partial charge in [0.25, 0.3) is 0 Å². The minimum absolute atomic E-state index is 0.191. The lowest BCUT2D eigenvalue weighted by molar-refractivity contribution is -0.108. The second-order valence-corrected chi connectivity index (χ2v) is 9.11. The average Bonchev–Trinajstić information content (AvgIpc) is 2.78. The predicted molar refractivity (Wildman–Crippen MR) is 92.9 cm³/mol. The Bertz CT molecular complexity index is 683. The predicted octanol–water partition coefficient (Wildman–Crippen LogP) is 5.53. The molecular weight excluding hydrogens is 316 g/mol. The summed E-state index contributed by atoms with van der Waals surface area (Å²) in [6, 6.07) is 2.24. The fraction of sp³-hybridized carbons (Fsp3) is 0.556. The van der Waals surface area contributed by atoms with Crippen molar-refractivity contribution in [3.8, 4) is 0 Å². The molecule has 2 nitrogen and oxygen atoms in total. The first-order chi connectivity index (χ1) is 10.1. The molecule has 3 atom stereocenters. The van der Waals surface area contributed by atoms with Crippen LogP contribution in [0.4, 0.5) is 0 Å². The Hall–Kier alpha value is -0.770. The lowest BCUT2D eigenvalue weighted by Gasteiger charge is -2.47. The standard InChI is InChI=1S/C18H23ClO2S/c1-10-8-14(12(3)22-10)17(4)7-6-13-9-15(20)11(2)18(5,19)16(13)21-17/h8-9,16,20H,6-7H2,1-5H3. The Balaban J connectivity index is 2.00. The summed E-state index contributed by atoms with van der Waals surface area (Å²) in [6.45, 7) is 10.3. The van der Waals surface area contributed by atoms with E-state index in [9.17, 15) is 5.11 Å². The zero-order valence-electron chi connectivity index (χ0n) is 13.8. The summed E-state index contributed by atoms with van der Waals surface area (Å²) < 4.78 is 6.55. The molecule has 0 spiro atoms. The number of hydrogen-bond acceptors (Lipinski definition) is 3. The highest BCUT2D eigenvalue weighted by atomic mass is 35.5. The molecule has 0 amide bonds. The Labute approximate surface area is 141 Å². The van der Waals surface area contributed by atoms with Gasteiger partial charge in [-0.15, -0.1) is 22.9 Å². The molecule has 22 heavy (non-hydrogen) atoms. The molecule has 2 heterocycles. The summed E-state index contributed by atoms with van der Waals surface area (Å²) in [5.41, 5.74) is 2.84. The van der Waals surface area contributed by atoms with E-state index in [1.54, 1.807) is 0 Å². The van der Waals surface area contributed by atoms with Crippen molar-refractivity contribution in [2.75, 3.05) is 0 Å². The summed E-state index contributed by atoms with van der Waals surface area (Å²) in [6.07, 6.45) is 3.46. The summed E-state index contributed by atoms with van der Waals surface area (Å²) in [7, 11) is 0. The third kappa shape index (κ3) is 2.34. The van der Waals surface area contributed by atoms with Crippen molar-refractivity contribution in [2.45, 2.75) is 64.0 Å². The van der Waals surface area contributed by atoms with Crippen molar-refractivity contribution in [3.63, 3.8) is 0 Å². The van der Waals surface area contributed by atoms with Crippen LogP contribution in [-0.2, 0) is 10.3 Å². The van der Waals surface area contributed by atoms with Crippen LogP contribution in [0.15, 0.2) is 29.0 Å². The topological polar surface area (TPSA) is 29.5 Å². The highest BCUT2D eigenvalue weighted by molar-refractivity contribution is 7.12. The fourth-order valence-electron chi connectivity index (χ4n) is 3.60. The highest BCUT2D eigenvalue weighted by Crippen LogP contribution is 2.50. The first kappa shape index (κ1) is 16.1. The smallest absolute Gasteiger partial charge is 0.116 e. The Morgan fingerprint density at radius 3 is 2.59 bits per heavy atom. The van der Waals surface area contributed by atoms with Gasteiger partial charge >= 0.3 is 0 Å². The molecule has 1 aromatic heterocycles. The third-order valence-corrected chi connectivity index (χ3v) is 6.60. The zero-order valence-corrected chi connectivity index (χ0v) is 15.4. The van der Waals surface area contributed by atoms with Crippen LogP contribution in [0.25, 0.3) is 0 Å². The van der Waals surface area contributed by atoms with Gasteiger partial charge in [0.2, 0.25) is 0 Å². The van der Waals surface area contributed by atoms with E-state index in [0.29, 0.717) is 5.76 Å². The molecular formula is C18H23ClO2S. The summed E-state index contributed by atoms with van der Waals surface area (Å²) in [4.78, 5) is 1.92. The number of halogens is 1. The number of aryl methyl sites for hydroxylation is 2. The normalized spacial score (nSPS) is 35.4. The summed E-state index contributed by atoms with van der Waals surface area (Å²) in [5, 5.41) is 10.1. The van der Waals surface area contributed by atoms with Crippen LogP contribution in [0.5, 0.6) is 0 Å². The third-order valence-electron chi connectivity index (χ3n) is 5.15. The number of fused-ring (bicyclic) bond motifs is 1. The van der Waals surface area contributed by atoms with Gasteiger partial charge in [-0.05, 0) is 76.3 Å². The molecule has 0 bridgehead atoms. The molecule has 1 aliphatic heterocycles. The second kappa shape index (κ2) is 5.12. The number of aliphatic hydroxyl groups is 1. The van der Waals surface area contributed by atoms with Crippen molar-refractivity contribution in [1.29, 1.82) is 0 Å². The summed E-state index contributed by atoms with van der Waals surface area (Å²) in [5.74, 6) is 0.290. The van der Waals surface area contributed by atoms with E-state index >= 15 is 0 Å². The fourth-order valence-corrected chi connectivity index (χ4v) is 4.93. The van der Waals surface area contributed by atoms with Crippen molar-refractivity contribution < 1.29 is 9.84 Å². The van der Waals surface area contributed by atoms with Crippen LogP contribution < -0.4 is 0 Å². The minimum Gasteiger partial charge on any atom is -0.508 e. The molecule has 1 aliphatic carbocycles. The quantitative estimate of drug-likeness (QED) is 0.682. The van der Waals surface area contributed by atoms with Gasteiger partial charge in [0.05, 0.1) is 10.5 Å². The first-order valence-corrected chi connectivity index (χ1v) is 8.89. The second-order valence-electron chi connectivity index (χ2n) is 6.86. The molecule has 4 heteroatoms. The van der Waals surface area contributed by atoms with E-state index in [1.165, 1.54) is 15.3 Å². The van der Waals surface area contributed by atoms with Crippen molar-refractivity contribution in [3.05, 3.63) is 44.4 Å². The number of rotatable bonds is 1. The van der Waals surface area contributed by atoms with Gasteiger partial charge in [0.1, 0.15) is 11.9 Å². The Kier molecular flexibility index (Phi) is 3.75. The van der Waals surface area contributed by atoms with Gasteiger partial charge in [-0.2, -0.15) is 0 Å². The van der Waals surface area contributed by atoms with E-state index in [-0.39, 0.29) is 11.7 Å². The van der Waals surface area contributed by atoms with Crippen molar-refractivity contribution in [2.24, 2.45) is 0 Å². The maximum atomic E-state index is 10.1. The van der Waals surface area contributed by atoms with Crippen LogP contribution in [0, 0.1) is 13.8 Å². The van der Waals surface area contributed by atoms with Crippen LogP contribution in [0.3, 0.4) is 0 Å². The van der Waals surface area contributed by atoms with Crippen molar-refractivity contribution in [1.82, 2.24) is 0 Å². The molecule has 120 valence electrons. The van der Waals surface area contributed by atoms with Gasteiger partial charge < -0.3 is 9.84 Å². The Morgan fingerprint density at radius 2 is 2.00 bits per heavy atom. The van der Waals surface area contributed by atoms with Gasteiger partial charge in [-0.1, -0.05) is 0 Å². The SMILES string of the molecule is CC1=C(O)C=C2CCC(C)(c3cc(C)sc3C)OC2C1(C)Cl. The van der Waals surface area contributed by atoms with E-state index < -0.39 is 4.87 Å². The number of alkyl halides is 1. The van der Waals surface area contributed by atoms with Gasteiger partial charge in [-0.25, -0.2) is 0 Å². The van der Waals surface area contributed by atoms with Crippen LogP contribution in [0.2, 0.25) is 0 Å².